The van der Waals surface area contributed by atoms with Crippen molar-refractivity contribution >= 4 is 17.3 Å². The van der Waals surface area contributed by atoms with Gasteiger partial charge >= 0.3 is 6.09 Å². The van der Waals surface area contributed by atoms with E-state index in [9.17, 15) is 9.90 Å². The van der Waals surface area contributed by atoms with Gasteiger partial charge < -0.3 is 14.8 Å². The summed E-state index contributed by atoms with van der Waals surface area (Å²) in [6.07, 6.45) is 3.35. The second-order valence-electron chi connectivity index (χ2n) is 8.89. The van der Waals surface area contributed by atoms with E-state index in [-0.39, 0.29) is 0 Å². The molecule has 0 aliphatic heterocycles. The van der Waals surface area contributed by atoms with E-state index in [4.69, 9.17) is 9.40 Å². The predicted octanol–water partition coefficient (Wildman–Crippen LogP) is 6.87. The summed E-state index contributed by atoms with van der Waals surface area (Å²) in [5.41, 5.74) is 6.19. The monoisotopic (exact) mass is 461 g/mol. The topological polar surface area (TPSA) is 88.2 Å². The quantitative estimate of drug-likeness (QED) is 0.298. The van der Waals surface area contributed by atoms with E-state index in [1.54, 1.807) is 6.20 Å². The fraction of sp³-hybridized carbons (Fsp3) is 0.138. The molecule has 0 saturated heterocycles. The van der Waals surface area contributed by atoms with Crippen LogP contribution in [0.5, 0.6) is 0 Å². The number of aromatic nitrogens is 2. The molecule has 1 saturated carbocycles. The lowest BCUT2D eigenvalue weighted by molar-refractivity contribution is 0.144. The molecule has 0 unspecified atom stereocenters. The highest BCUT2D eigenvalue weighted by Crippen LogP contribution is 2.43. The second kappa shape index (κ2) is 8.40. The van der Waals surface area contributed by atoms with E-state index in [1.165, 1.54) is 0 Å². The van der Waals surface area contributed by atoms with Crippen LogP contribution in [0.25, 0.3) is 44.9 Å². The lowest BCUT2D eigenvalue weighted by Gasteiger charge is -2.42. The average molecular weight is 462 g/mol. The molecule has 5 aromatic rings. The third-order valence-corrected chi connectivity index (χ3v) is 6.79. The lowest BCUT2D eigenvalue weighted by atomic mass is 9.72. The zero-order valence-electron chi connectivity index (χ0n) is 18.9. The molecule has 2 aromatic heterocycles. The Morgan fingerprint density at radius 1 is 0.857 bits per heavy atom. The fourth-order valence-corrected chi connectivity index (χ4v) is 4.86. The maximum absolute atomic E-state index is 11.4. The number of amides is 1. The lowest BCUT2D eigenvalue weighted by Crippen LogP contribution is -2.50. The van der Waals surface area contributed by atoms with Crippen LogP contribution in [0.1, 0.15) is 24.8 Å². The van der Waals surface area contributed by atoms with E-state index in [2.05, 4.69) is 10.3 Å². The van der Waals surface area contributed by atoms with Gasteiger partial charge in [-0.05, 0) is 30.4 Å². The van der Waals surface area contributed by atoms with Crippen LogP contribution in [0.2, 0.25) is 0 Å². The van der Waals surface area contributed by atoms with Crippen molar-refractivity contribution in [1.29, 1.82) is 0 Å². The van der Waals surface area contributed by atoms with Gasteiger partial charge in [0, 0.05) is 11.1 Å². The molecule has 0 spiro atoms. The standard InChI is InChI=1S/C29H23N3O3/c33-28(34)32-29(16-7-17-29)22-14-12-21(13-15-22)26-24(20-10-5-2-6-11-20)25-27(35-26)30-18-23(31-25)19-8-3-1-4-9-19/h1-6,8-15,18,32H,7,16-17H2,(H,33,34). The summed E-state index contributed by atoms with van der Waals surface area (Å²) >= 11 is 0. The second-order valence-corrected chi connectivity index (χ2v) is 8.89. The molecule has 1 aliphatic carbocycles. The number of benzene rings is 3. The predicted molar refractivity (Wildman–Crippen MR) is 135 cm³/mol. The normalized spacial score (nSPS) is 14.4. The maximum Gasteiger partial charge on any atom is 0.405 e. The van der Waals surface area contributed by atoms with E-state index in [1.807, 2.05) is 84.9 Å². The van der Waals surface area contributed by atoms with E-state index in [0.717, 1.165) is 52.8 Å². The highest BCUT2D eigenvalue weighted by atomic mass is 16.4. The SMILES string of the molecule is O=C(O)NC1(c2ccc(-c3oc4ncc(-c5ccccc5)nc4c3-c3ccccc3)cc2)CCC1. The summed E-state index contributed by atoms with van der Waals surface area (Å²) in [6, 6.07) is 28.0. The molecule has 6 heteroatoms. The number of carbonyl (C=O) groups is 1. The third-order valence-electron chi connectivity index (χ3n) is 6.79. The van der Waals surface area contributed by atoms with Gasteiger partial charge in [0.25, 0.3) is 0 Å². The number of nitrogens with one attached hydrogen (secondary N) is 1. The van der Waals surface area contributed by atoms with Gasteiger partial charge in [0.2, 0.25) is 5.71 Å². The number of rotatable bonds is 5. The maximum atomic E-state index is 11.4. The number of hydrogen-bond acceptors (Lipinski definition) is 4. The van der Waals surface area contributed by atoms with Crippen LogP contribution in [0, 0.1) is 0 Å². The van der Waals surface area contributed by atoms with Gasteiger partial charge in [-0.1, -0.05) is 84.9 Å². The van der Waals surface area contributed by atoms with Gasteiger partial charge in [-0.15, -0.1) is 0 Å². The minimum absolute atomic E-state index is 0.477. The zero-order chi connectivity index (χ0) is 23.8. The molecule has 1 amide bonds. The van der Waals surface area contributed by atoms with Crippen LogP contribution in [-0.4, -0.2) is 21.2 Å². The zero-order valence-corrected chi connectivity index (χ0v) is 18.9. The molecule has 0 bridgehead atoms. The Balaban J connectivity index is 1.48. The highest BCUT2D eigenvalue weighted by molar-refractivity contribution is 5.98. The molecule has 172 valence electrons. The van der Waals surface area contributed by atoms with Crippen molar-refractivity contribution in [3.8, 4) is 33.7 Å². The van der Waals surface area contributed by atoms with Crippen LogP contribution in [-0.2, 0) is 5.54 Å². The number of nitrogens with zero attached hydrogens (tertiary/aromatic N) is 2. The van der Waals surface area contributed by atoms with Crippen molar-refractivity contribution < 1.29 is 14.3 Å². The van der Waals surface area contributed by atoms with Crippen LogP contribution in [0.4, 0.5) is 4.79 Å². The molecular formula is C29H23N3O3. The van der Waals surface area contributed by atoms with Gasteiger partial charge in [-0.25, -0.2) is 14.8 Å². The van der Waals surface area contributed by atoms with E-state index in [0.29, 0.717) is 17.0 Å². The number of carboxylic acid groups (broad SMARTS) is 1. The Morgan fingerprint density at radius 3 is 2.11 bits per heavy atom. The Morgan fingerprint density at radius 2 is 1.51 bits per heavy atom. The van der Waals surface area contributed by atoms with E-state index < -0.39 is 11.6 Å². The van der Waals surface area contributed by atoms with Crippen molar-refractivity contribution in [2.45, 2.75) is 24.8 Å². The molecule has 6 nitrogen and oxygen atoms in total. The molecule has 6 rings (SSSR count). The largest absolute Gasteiger partial charge is 0.465 e. The van der Waals surface area contributed by atoms with Crippen LogP contribution < -0.4 is 5.32 Å². The number of hydrogen-bond donors (Lipinski definition) is 2. The number of fused-ring (bicyclic) bond motifs is 1. The summed E-state index contributed by atoms with van der Waals surface area (Å²) < 4.78 is 6.28. The van der Waals surface area contributed by atoms with Gasteiger partial charge in [0.1, 0.15) is 11.3 Å². The smallest absolute Gasteiger partial charge is 0.405 e. The summed E-state index contributed by atoms with van der Waals surface area (Å²) in [5, 5.41) is 12.0. The van der Waals surface area contributed by atoms with Crippen molar-refractivity contribution in [2.75, 3.05) is 0 Å². The Labute approximate surface area is 202 Å². The Hall–Kier alpha value is -4.45. The molecule has 2 heterocycles. The highest BCUT2D eigenvalue weighted by Gasteiger charge is 2.40. The minimum Gasteiger partial charge on any atom is -0.465 e. The molecular weight excluding hydrogens is 438 g/mol. The van der Waals surface area contributed by atoms with Crippen molar-refractivity contribution in [3.63, 3.8) is 0 Å². The number of furan rings is 1. The summed E-state index contributed by atoms with van der Waals surface area (Å²) in [6.45, 7) is 0. The van der Waals surface area contributed by atoms with Gasteiger partial charge in [-0.3, -0.25) is 0 Å². The van der Waals surface area contributed by atoms with Crippen LogP contribution >= 0.6 is 0 Å². The summed E-state index contributed by atoms with van der Waals surface area (Å²) in [4.78, 5) is 20.9. The summed E-state index contributed by atoms with van der Waals surface area (Å²) in [5.74, 6) is 0.691. The minimum atomic E-state index is -0.996. The average Bonchev–Trinajstić information content (AvgIpc) is 3.26. The van der Waals surface area contributed by atoms with Crippen molar-refractivity contribution in [1.82, 2.24) is 15.3 Å². The van der Waals surface area contributed by atoms with Crippen LogP contribution in [0.3, 0.4) is 0 Å². The molecule has 1 aliphatic rings. The molecule has 1 fully saturated rings. The van der Waals surface area contributed by atoms with Crippen molar-refractivity contribution in [2.24, 2.45) is 0 Å². The third kappa shape index (κ3) is 3.73. The Bertz CT molecular complexity index is 1510. The molecule has 35 heavy (non-hydrogen) atoms. The molecule has 0 atom stereocenters. The van der Waals surface area contributed by atoms with E-state index >= 15 is 0 Å². The first-order chi connectivity index (χ1) is 17.1. The summed E-state index contributed by atoms with van der Waals surface area (Å²) in [7, 11) is 0. The van der Waals surface area contributed by atoms with Gasteiger partial charge in [0.05, 0.1) is 23.0 Å². The first kappa shape index (κ1) is 21.1. The van der Waals surface area contributed by atoms with Gasteiger partial charge in [0.15, 0.2) is 0 Å². The first-order valence-corrected chi connectivity index (χ1v) is 11.7. The van der Waals surface area contributed by atoms with Gasteiger partial charge in [-0.2, -0.15) is 0 Å². The Kier molecular flexibility index (Phi) is 5.07. The fourth-order valence-electron chi connectivity index (χ4n) is 4.86. The molecule has 0 radical (unpaired) electrons. The van der Waals surface area contributed by atoms with Crippen LogP contribution in [0.15, 0.2) is 95.5 Å². The molecule has 2 N–H and O–H groups in total. The molecule has 3 aromatic carbocycles. The van der Waals surface area contributed by atoms with Crippen molar-refractivity contribution in [3.05, 3.63) is 96.7 Å². The first-order valence-electron chi connectivity index (χ1n) is 11.7.